The third-order valence-electron chi connectivity index (χ3n) is 4.22. The number of likely N-dealkylation sites (tertiary alicyclic amines) is 2. The molecule has 0 radical (unpaired) electrons. The van der Waals surface area contributed by atoms with Crippen molar-refractivity contribution in [2.24, 2.45) is 5.73 Å². The van der Waals surface area contributed by atoms with Gasteiger partial charge >= 0.3 is 0 Å². The Kier molecular flexibility index (Phi) is 5.01. The highest BCUT2D eigenvalue weighted by atomic mass is 16.2. The van der Waals surface area contributed by atoms with Gasteiger partial charge in [0.05, 0.1) is 6.04 Å². The summed E-state index contributed by atoms with van der Waals surface area (Å²) in [5.41, 5.74) is 5.76. The number of rotatable bonds is 3. The van der Waals surface area contributed by atoms with E-state index in [-0.39, 0.29) is 11.9 Å². The zero-order valence-electron chi connectivity index (χ0n) is 11.6. The number of hydrogen-bond donors (Lipinski definition) is 1. The first-order valence-corrected chi connectivity index (χ1v) is 7.47. The van der Waals surface area contributed by atoms with E-state index in [1.165, 1.54) is 38.8 Å². The fourth-order valence-electron chi connectivity index (χ4n) is 3.18. The van der Waals surface area contributed by atoms with Gasteiger partial charge in [-0.25, -0.2) is 0 Å². The number of nitrogens with two attached hydrogens (primary N) is 1. The van der Waals surface area contributed by atoms with Crippen LogP contribution in [0.5, 0.6) is 0 Å². The third-order valence-corrected chi connectivity index (χ3v) is 4.22. The molecule has 2 aliphatic heterocycles. The van der Waals surface area contributed by atoms with Crippen molar-refractivity contribution in [2.75, 3.05) is 26.2 Å². The molecule has 0 bridgehead atoms. The summed E-state index contributed by atoms with van der Waals surface area (Å²) in [6.07, 6.45) is 7.52. The number of piperidine rings is 2. The average molecular weight is 253 g/mol. The molecule has 0 saturated carbocycles. The van der Waals surface area contributed by atoms with Gasteiger partial charge in [0.1, 0.15) is 0 Å². The summed E-state index contributed by atoms with van der Waals surface area (Å²) in [6.45, 7) is 6.17. The molecule has 0 aliphatic carbocycles. The predicted molar refractivity (Wildman–Crippen MR) is 73.3 cm³/mol. The van der Waals surface area contributed by atoms with Crippen molar-refractivity contribution in [2.45, 2.75) is 57.5 Å². The van der Waals surface area contributed by atoms with Crippen LogP contribution in [-0.2, 0) is 4.79 Å². The van der Waals surface area contributed by atoms with Gasteiger partial charge in [0.25, 0.3) is 0 Å². The molecule has 4 heteroatoms. The smallest absolute Gasteiger partial charge is 0.239 e. The third kappa shape index (κ3) is 3.45. The summed E-state index contributed by atoms with van der Waals surface area (Å²) in [4.78, 5) is 16.7. The van der Waals surface area contributed by atoms with E-state index in [0.717, 1.165) is 25.9 Å². The number of amides is 1. The standard InChI is InChI=1S/C14H27N3O/c1-12(15)14(18)17-10-6-3-7-13(17)11-16-8-4-2-5-9-16/h12-13H,2-11,15H2,1H3. The van der Waals surface area contributed by atoms with E-state index in [4.69, 9.17) is 5.73 Å². The average Bonchev–Trinajstić information content (AvgIpc) is 2.39. The molecule has 0 aromatic rings. The molecule has 18 heavy (non-hydrogen) atoms. The van der Waals surface area contributed by atoms with Crippen molar-refractivity contribution in [3.8, 4) is 0 Å². The lowest BCUT2D eigenvalue weighted by Gasteiger charge is -2.40. The summed E-state index contributed by atoms with van der Waals surface area (Å²) in [5.74, 6) is 0.136. The first-order valence-electron chi connectivity index (χ1n) is 7.47. The van der Waals surface area contributed by atoms with E-state index in [1.807, 2.05) is 4.90 Å². The van der Waals surface area contributed by atoms with Crippen molar-refractivity contribution < 1.29 is 4.79 Å². The Morgan fingerprint density at radius 2 is 1.83 bits per heavy atom. The van der Waals surface area contributed by atoms with Crippen molar-refractivity contribution >= 4 is 5.91 Å². The fourth-order valence-corrected chi connectivity index (χ4v) is 3.18. The van der Waals surface area contributed by atoms with Crippen LogP contribution in [0.3, 0.4) is 0 Å². The molecule has 2 saturated heterocycles. The van der Waals surface area contributed by atoms with Gasteiger partial charge in [-0.15, -0.1) is 0 Å². The van der Waals surface area contributed by atoms with Crippen LogP contribution < -0.4 is 5.73 Å². The van der Waals surface area contributed by atoms with E-state index in [0.29, 0.717) is 6.04 Å². The largest absolute Gasteiger partial charge is 0.337 e. The lowest BCUT2D eigenvalue weighted by atomic mass is 9.99. The van der Waals surface area contributed by atoms with Crippen LogP contribution in [0.1, 0.15) is 45.4 Å². The van der Waals surface area contributed by atoms with E-state index < -0.39 is 0 Å². The maximum absolute atomic E-state index is 12.1. The summed E-state index contributed by atoms with van der Waals surface area (Å²) in [7, 11) is 0. The number of nitrogens with zero attached hydrogens (tertiary/aromatic N) is 2. The molecule has 2 heterocycles. The maximum Gasteiger partial charge on any atom is 0.239 e. The molecule has 2 atom stereocenters. The summed E-state index contributed by atoms with van der Waals surface area (Å²) < 4.78 is 0. The van der Waals surface area contributed by atoms with Gasteiger partial charge in [0.2, 0.25) is 5.91 Å². The van der Waals surface area contributed by atoms with Crippen molar-refractivity contribution in [3.05, 3.63) is 0 Å². The maximum atomic E-state index is 12.1. The molecule has 2 fully saturated rings. The highest BCUT2D eigenvalue weighted by Crippen LogP contribution is 2.20. The molecule has 0 spiro atoms. The van der Waals surface area contributed by atoms with Gasteiger partial charge < -0.3 is 15.5 Å². The highest BCUT2D eigenvalue weighted by Gasteiger charge is 2.29. The summed E-state index contributed by atoms with van der Waals surface area (Å²) in [5, 5.41) is 0. The lowest BCUT2D eigenvalue weighted by molar-refractivity contribution is -0.136. The second-order valence-corrected chi connectivity index (χ2v) is 5.83. The minimum atomic E-state index is -0.355. The van der Waals surface area contributed by atoms with Crippen LogP contribution in [0.25, 0.3) is 0 Å². The molecular weight excluding hydrogens is 226 g/mol. The van der Waals surface area contributed by atoms with Crippen LogP contribution in [0.2, 0.25) is 0 Å². The highest BCUT2D eigenvalue weighted by molar-refractivity contribution is 5.81. The Balaban J connectivity index is 1.92. The molecular formula is C14H27N3O. The molecule has 4 nitrogen and oxygen atoms in total. The monoisotopic (exact) mass is 253 g/mol. The van der Waals surface area contributed by atoms with Crippen molar-refractivity contribution in [1.29, 1.82) is 0 Å². The van der Waals surface area contributed by atoms with E-state index in [1.54, 1.807) is 6.92 Å². The zero-order chi connectivity index (χ0) is 13.0. The van der Waals surface area contributed by atoms with Crippen molar-refractivity contribution in [3.63, 3.8) is 0 Å². The number of carbonyl (C=O) groups excluding carboxylic acids is 1. The molecule has 2 aliphatic rings. The molecule has 104 valence electrons. The van der Waals surface area contributed by atoms with Gasteiger partial charge in [0, 0.05) is 19.1 Å². The van der Waals surface area contributed by atoms with Gasteiger partial charge in [-0.2, -0.15) is 0 Å². The summed E-state index contributed by atoms with van der Waals surface area (Å²) in [6, 6.07) is 0.0438. The lowest BCUT2D eigenvalue weighted by Crippen LogP contribution is -2.54. The second-order valence-electron chi connectivity index (χ2n) is 5.83. The van der Waals surface area contributed by atoms with Gasteiger partial charge in [-0.05, 0) is 52.1 Å². The van der Waals surface area contributed by atoms with E-state index in [9.17, 15) is 4.79 Å². The number of carbonyl (C=O) groups is 1. The van der Waals surface area contributed by atoms with Gasteiger partial charge in [-0.3, -0.25) is 4.79 Å². The Hall–Kier alpha value is -0.610. The quantitative estimate of drug-likeness (QED) is 0.822. The molecule has 2 N–H and O–H groups in total. The van der Waals surface area contributed by atoms with Gasteiger partial charge in [-0.1, -0.05) is 6.42 Å². The van der Waals surface area contributed by atoms with Crippen LogP contribution in [0, 0.1) is 0 Å². The normalized spacial score (nSPS) is 28.1. The molecule has 0 aromatic heterocycles. The topological polar surface area (TPSA) is 49.6 Å². The Morgan fingerprint density at radius 3 is 2.50 bits per heavy atom. The Morgan fingerprint density at radius 1 is 1.17 bits per heavy atom. The van der Waals surface area contributed by atoms with E-state index in [2.05, 4.69) is 4.90 Å². The fraction of sp³-hybridized carbons (Fsp3) is 0.929. The minimum absolute atomic E-state index is 0.136. The first-order chi connectivity index (χ1) is 8.68. The Labute approximate surface area is 110 Å². The SMILES string of the molecule is CC(N)C(=O)N1CCCCC1CN1CCCCC1. The molecule has 1 amide bonds. The number of hydrogen-bond acceptors (Lipinski definition) is 3. The van der Waals surface area contributed by atoms with Crippen LogP contribution in [-0.4, -0.2) is 54.0 Å². The van der Waals surface area contributed by atoms with Gasteiger partial charge in [0.15, 0.2) is 0 Å². The zero-order valence-corrected chi connectivity index (χ0v) is 11.6. The molecule has 0 aromatic carbocycles. The second kappa shape index (κ2) is 6.53. The van der Waals surface area contributed by atoms with Crippen LogP contribution in [0.4, 0.5) is 0 Å². The van der Waals surface area contributed by atoms with Crippen LogP contribution >= 0.6 is 0 Å². The van der Waals surface area contributed by atoms with E-state index >= 15 is 0 Å². The molecule has 2 unspecified atom stereocenters. The molecule has 2 rings (SSSR count). The van der Waals surface area contributed by atoms with Crippen LogP contribution in [0.15, 0.2) is 0 Å². The first kappa shape index (κ1) is 13.8. The Bertz CT molecular complexity index is 274. The minimum Gasteiger partial charge on any atom is -0.337 e. The summed E-state index contributed by atoms with van der Waals surface area (Å²) >= 11 is 0. The van der Waals surface area contributed by atoms with Crippen molar-refractivity contribution in [1.82, 2.24) is 9.80 Å². The predicted octanol–water partition coefficient (Wildman–Crippen LogP) is 1.20.